The van der Waals surface area contributed by atoms with Crippen molar-refractivity contribution >= 4 is 38.2 Å². The zero-order valence-electron chi connectivity index (χ0n) is 13.2. The van der Waals surface area contributed by atoms with Crippen molar-refractivity contribution in [2.45, 2.75) is 11.8 Å². The largest absolute Gasteiger partial charge is 0.478 e. The number of amides is 1. The van der Waals surface area contributed by atoms with Crippen molar-refractivity contribution in [2.75, 3.05) is 19.4 Å². The van der Waals surface area contributed by atoms with Crippen LogP contribution >= 0.6 is 11.3 Å². The number of hydrogen-bond acceptors (Lipinski definition) is 5. The van der Waals surface area contributed by atoms with Gasteiger partial charge in [-0.15, -0.1) is 11.3 Å². The van der Waals surface area contributed by atoms with Gasteiger partial charge in [0.05, 0.1) is 10.5 Å². The van der Waals surface area contributed by atoms with Crippen LogP contribution in [0.1, 0.15) is 25.6 Å². The van der Waals surface area contributed by atoms with Crippen LogP contribution in [0.3, 0.4) is 0 Å². The monoisotopic (exact) mass is 368 g/mol. The van der Waals surface area contributed by atoms with Crippen LogP contribution in [0.2, 0.25) is 0 Å². The second-order valence-corrected chi connectivity index (χ2v) is 8.58. The summed E-state index contributed by atoms with van der Waals surface area (Å²) >= 11 is 1.16. The number of anilines is 1. The van der Waals surface area contributed by atoms with E-state index in [1.54, 1.807) is 6.92 Å². The summed E-state index contributed by atoms with van der Waals surface area (Å²) in [5.41, 5.74) is 0.257. The van der Waals surface area contributed by atoms with Gasteiger partial charge in [0, 0.05) is 24.5 Å². The summed E-state index contributed by atoms with van der Waals surface area (Å²) in [6.07, 6.45) is 0. The summed E-state index contributed by atoms with van der Waals surface area (Å²) in [7, 11) is -0.729. The van der Waals surface area contributed by atoms with Crippen LogP contribution in [0.4, 0.5) is 5.00 Å². The lowest BCUT2D eigenvalue weighted by Gasteiger charge is -2.11. The SMILES string of the molecule is Cc1cc(C(=O)O)c(NC(=O)c2ccc(S(=O)(=O)N(C)C)cc2)s1. The molecular formula is C15H16N2O5S2. The maximum absolute atomic E-state index is 12.2. The van der Waals surface area contributed by atoms with Crippen molar-refractivity contribution < 1.29 is 23.1 Å². The minimum atomic E-state index is -3.57. The van der Waals surface area contributed by atoms with E-state index in [1.807, 2.05) is 0 Å². The topological polar surface area (TPSA) is 104 Å². The molecule has 1 aromatic heterocycles. The van der Waals surface area contributed by atoms with Crippen molar-refractivity contribution in [2.24, 2.45) is 0 Å². The van der Waals surface area contributed by atoms with Crippen LogP contribution in [0.5, 0.6) is 0 Å². The molecular weight excluding hydrogens is 352 g/mol. The van der Waals surface area contributed by atoms with E-state index in [2.05, 4.69) is 5.32 Å². The first kappa shape index (κ1) is 18.1. The highest BCUT2D eigenvalue weighted by molar-refractivity contribution is 7.89. The van der Waals surface area contributed by atoms with Crippen LogP contribution in [-0.4, -0.2) is 43.8 Å². The number of nitrogens with one attached hydrogen (secondary N) is 1. The average Bonchev–Trinajstić information content (AvgIpc) is 2.88. The van der Waals surface area contributed by atoms with Crippen molar-refractivity contribution in [3.05, 3.63) is 46.3 Å². The number of carboxylic acids is 1. The standard InChI is InChI=1S/C15H16N2O5S2/c1-9-8-12(15(19)20)14(23-9)16-13(18)10-4-6-11(7-5-10)24(21,22)17(2)3/h4-8H,1-3H3,(H,16,18)(H,19,20). The Hall–Kier alpha value is -2.23. The summed E-state index contributed by atoms with van der Waals surface area (Å²) < 4.78 is 25.1. The number of carboxylic acid groups (broad SMARTS) is 1. The van der Waals surface area contributed by atoms with E-state index in [9.17, 15) is 18.0 Å². The lowest BCUT2D eigenvalue weighted by molar-refractivity contribution is 0.0698. The van der Waals surface area contributed by atoms with Crippen LogP contribution in [0.15, 0.2) is 35.2 Å². The van der Waals surface area contributed by atoms with Gasteiger partial charge in [-0.25, -0.2) is 17.5 Å². The van der Waals surface area contributed by atoms with E-state index in [-0.39, 0.29) is 21.0 Å². The number of thiophene rings is 1. The number of hydrogen-bond donors (Lipinski definition) is 2. The molecule has 9 heteroatoms. The molecule has 1 heterocycles. The molecule has 1 amide bonds. The zero-order chi connectivity index (χ0) is 18.1. The second kappa shape index (κ2) is 6.71. The van der Waals surface area contributed by atoms with Crippen molar-refractivity contribution in [1.29, 1.82) is 0 Å². The quantitative estimate of drug-likeness (QED) is 0.842. The van der Waals surface area contributed by atoms with Gasteiger partial charge in [0.1, 0.15) is 5.00 Å². The van der Waals surface area contributed by atoms with E-state index < -0.39 is 21.9 Å². The molecule has 0 atom stereocenters. The predicted octanol–water partition coefficient (Wildman–Crippen LogP) is 2.26. The van der Waals surface area contributed by atoms with Crippen LogP contribution < -0.4 is 5.32 Å². The maximum atomic E-state index is 12.2. The lowest BCUT2D eigenvalue weighted by Crippen LogP contribution is -2.22. The molecule has 0 bridgehead atoms. The van der Waals surface area contributed by atoms with Crippen molar-refractivity contribution in [3.63, 3.8) is 0 Å². The highest BCUT2D eigenvalue weighted by Gasteiger charge is 2.19. The number of rotatable bonds is 5. The highest BCUT2D eigenvalue weighted by atomic mass is 32.2. The molecule has 0 radical (unpaired) electrons. The minimum absolute atomic E-state index is 0.0256. The Morgan fingerprint density at radius 1 is 1.17 bits per heavy atom. The van der Waals surface area contributed by atoms with Crippen molar-refractivity contribution in [1.82, 2.24) is 4.31 Å². The number of aromatic carboxylic acids is 1. The van der Waals surface area contributed by atoms with Gasteiger partial charge in [-0.1, -0.05) is 0 Å². The van der Waals surface area contributed by atoms with Gasteiger partial charge in [0.2, 0.25) is 10.0 Å². The van der Waals surface area contributed by atoms with Gasteiger partial charge in [-0.3, -0.25) is 4.79 Å². The first-order chi connectivity index (χ1) is 11.1. The van der Waals surface area contributed by atoms with Crippen LogP contribution in [-0.2, 0) is 10.0 Å². The third-order valence-corrected chi connectivity index (χ3v) is 6.00. The third-order valence-electron chi connectivity index (χ3n) is 3.21. The molecule has 0 spiro atoms. The van der Waals surface area contributed by atoms with Gasteiger partial charge >= 0.3 is 5.97 Å². The summed E-state index contributed by atoms with van der Waals surface area (Å²) in [6.45, 7) is 1.74. The molecule has 0 saturated carbocycles. The number of benzene rings is 1. The Balaban J connectivity index is 2.24. The Morgan fingerprint density at radius 2 is 1.75 bits per heavy atom. The number of sulfonamides is 1. The fraction of sp³-hybridized carbons (Fsp3) is 0.200. The van der Waals surface area contributed by atoms with E-state index in [4.69, 9.17) is 5.11 Å². The number of nitrogens with zero attached hydrogens (tertiary/aromatic N) is 1. The van der Waals surface area contributed by atoms with E-state index in [0.29, 0.717) is 0 Å². The first-order valence-electron chi connectivity index (χ1n) is 6.80. The predicted molar refractivity (Wildman–Crippen MR) is 91.3 cm³/mol. The Labute approximate surface area is 143 Å². The molecule has 0 saturated heterocycles. The molecule has 0 fully saturated rings. The molecule has 0 unspecified atom stereocenters. The first-order valence-corrected chi connectivity index (χ1v) is 9.06. The molecule has 0 aliphatic heterocycles. The molecule has 24 heavy (non-hydrogen) atoms. The Kier molecular flexibility index (Phi) is 5.07. The van der Waals surface area contributed by atoms with Crippen LogP contribution in [0.25, 0.3) is 0 Å². The third kappa shape index (κ3) is 3.64. The fourth-order valence-corrected chi connectivity index (χ4v) is 3.73. The Morgan fingerprint density at radius 3 is 2.25 bits per heavy atom. The fourth-order valence-electron chi connectivity index (χ4n) is 1.93. The number of carbonyl (C=O) groups excluding carboxylic acids is 1. The molecule has 0 aliphatic carbocycles. The number of aryl methyl sites for hydroxylation is 1. The summed E-state index contributed by atoms with van der Waals surface area (Å²) in [5, 5.41) is 11.9. The zero-order valence-corrected chi connectivity index (χ0v) is 14.9. The highest BCUT2D eigenvalue weighted by Crippen LogP contribution is 2.28. The second-order valence-electron chi connectivity index (χ2n) is 5.17. The van der Waals surface area contributed by atoms with E-state index in [1.165, 1.54) is 44.4 Å². The number of carbonyl (C=O) groups is 2. The van der Waals surface area contributed by atoms with Gasteiger partial charge in [-0.05, 0) is 37.3 Å². The Bertz CT molecular complexity index is 883. The van der Waals surface area contributed by atoms with E-state index >= 15 is 0 Å². The lowest BCUT2D eigenvalue weighted by atomic mass is 10.2. The minimum Gasteiger partial charge on any atom is -0.478 e. The van der Waals surface area contributed by atoms with Crippen molar-refractivity contribution in [3.8, 4) is 0 Å². The maximum Gasteiger partial charge on any atom is 0.338 e. The molecule has 128 valence electrons. The van der Waals surface area contributed by atoms with E-state index in [0.717, 1.165) is 20.5 Å². The molecule has 0 aliphatic rings. The van der Waals surface area contributed by atoms with Gasteiger partial charge in [-0.2, -0.15) is 0 Å². The van der Waals surface area contributed by atoms with Gasteiger partial charge in [0.25, 0.3) is 5.91 Å². The molecule has 2 aromatic rings. The smallest absolute Gasteiger partial charge is 0.338 e. The van der Waals surface area contributed by atoms with Gasteiger partial charge in [0.15, 0.2) is 0 Å². The average molecular weight is 368 g/mol. The summed E-state index contributed by atoms with van der Waals surface area (Å²) in [5.74, 6) is -1.63. The van der Waals surface area contributed by atoms with Gasteiger partial charge < -0.3 is 10.4 Å². The molecule has 2 N–H and O–H groups in total. The molecule has 1 aromatic carbocycles. The normalized spacial score (nSPS) is 11.5. The van der Waals surface area contributed by atoms with Crippen LogP contribution in [0, 0.1) is 6.92 Å². The molecule has 7 nitrogen and oxygen atoms in total. The summed E-state index contributed by atoms with van der Waals surface area (Å²) in [4.78, 5) is 24.2. The molecule has 2 rings (SSSR count). The summed E-state index contributed by atoms with van der Waals surface area (Å²) in [6, 6.07) is 6.92.